The van der Waals surface area contributed by atoms with Crippen LogP contribution in [0, 0.1) is 0 Å². The van der Waals surface area contributed by atoms with E-state index < -0.39 is 11.5 Å². The van der Waals surface area contributed by atoms with Gasteiger partial charge in [0.25, 0.3) is 5.91 Å². The van der Waals surface area contributed by atoms with Gasteiger partial charge in [-0.25, -0.2) is 0 Å². The highest BCUT2D eigenvalue weighted by molar-refractivity contribution is 5.94. The van der Waals surface area contributed by atoms with E-state index in [1.807, 2.05) is 6.92 Å². The molecule has 1 amide bonds. The minimum atomic E-state index is -0.930. The Hall–Kier alpha value is -1.91. The lowest BCUT2D eigenvalue weighted by Crippen LogP contribution is -2.47. The van der Waals surface area contributed by atoms with Crippen molar-refractivity contribution in [1.29, 1.82) is 0 Å². The van der Waals surface area contributed by atoms with Gasteiger partial charge in [0, 0.05) is 17.9 Å². The van der Waals surface area contributed by atoms with Crippen LogP contribution in [-0.2, 0) is 4.79 Å². The molecule has 0 fully saturated rings. The van der Waals surface area contributed by atoms with Crippen LogP contribution in [0.1, 0.15) is 37.0 Å². The van der Waals surface area contributed by atoms with Crippen LogP contribution in [0.3, 0.4) is 0 Å². The Bertz CT molecular complexity index is 405. The van der Waals surface area contributed by atoms with Crippen molar-refractivity contribution in [2.45, 2.75) is 32.2 Å². The zero-order valence-corrected chi connectivity index (χ0v) is 9.93. The molecule has 1 aromatic rings. The number of hydrogen-bond acceptors (Lipinski definition) is 3. The third-order valence-electron chi connectivity index (χ3n) is 2.66. The van der Waals surface area contributed by atoms with Crippen LogP contribution < -0.4 is 5.32 Å². The fraction of sp³-hybridized carbons (Fsp3) is 0.417. The molecule has 0 saturated heterocycles. The van der Waals surface area contributed by atoms with Crippen molar-refractivity contribution in [3.63, 3.8) is 0 Å². The van der Waals surface area contributed by atoms with Crippen LogP contribution in [0.15, 0.2) is 24.5 Å². The Morgan fingerprint density at radius 2 is 2.24 bits per heavy atom. The fourth-order valence-corrected chi connectivity index (χ4v) is 1.43. The number of carboxylic acid groups (broad SMARTS) is 1. The maximum atomic E-state index is 11.9. The molecular weight excluding hydrogens is 220 g/mol. The Labute approximate surface area is 99.9 Å². The second-order valence-corrected chi connectivity index (χ2v) is 4.18. The molecule has 0 saturated carbocycles. The standard InChI is InChI=1S/C12H16N2O3/c1-3-12(2,7-10(15)16)14-11(17)9-5-4-6-13-8-9/h4-6,8H,3,7H2,1-2H3,(H,14,17)(H,15,16). The lowest BCUT2D eigenvalue weighted by Gasteiger charge is -2.27. The molecule has 5 heteroatoms. The number of aliphatic carboxylic acids is 1. The van der Waals surface area contributed by atoms with Crippen molar-refractivity contribution in [2.24, 2.45) is 0 Å². The molecule has 92 valence electrons. The molecule has 1 unspecified atom stereocenters. The van der Waals surface area contributed by atoms with Crippen molar-refractivity contribution in [1.82, 2.24) is 10.3 Å². The molecule has 0 spiro atoms. The number of aromatic nitrogens is 1. The summed E-state index contributed by atoms with van der Waals surface area (Å²) in [7, 11) is 0. The van der Waals surface area contributed by atoms with Crippen molar-refractivity contribution in [3.05, 3.63) is 30.1 Å². The molecule has 1 rings (SSSR count). The number of carboxylic acids is 1. The van der Waals surface area contributed by atoms with Gasteiger partial charge in [-0.2, -0.15) is 0 Å². The average molecular weight is 236 g/mol. The Morgan fingerprint density at radius 3 is 2.71 bits per heavy atom. The Kier molecular flexibility index (Phi) is 4.20. The first-order valence-corrected chi connectivity index (χ1v) is 5.41. The van der Waals surface area contributed by atoms with Crippen LogP contribution in [0.5, 0.6) is 0 Å². The van der Waals surface area contributed by atoms with E-state index in [-0.39, 0.29) is 12.3 Å². The summed E-state index contributed by atoms with van der Waals surface area (Å²) in [4.78, 5) is 26.4. The van der Waals surface area contributed by atoms with Crippen molar-refractivity contribution >= 4 is 11.9 Å². The minimum absolute atomic E-state index is 0.102. The van der Waals surface area contributed by atoms with Gasteiger partial charge in [-0.1, -0.05) is 6.92 Å². The lowest BCUT2D eigenvalue weighted by molar-refractivity contribution is -0.138. The number of rotatable bonds is 5. The Balaban J connectivity index is 2.75. The van der Waals surface area contributed by atoms with E-state index in [0.29, 0.717) is 12.0 Å². The molecule has 0 aromatic carbocycles. The first kappa shape index (κ1) is 13.2. The number of nitrogens with one attached hydrogen (secondary N) is 1. The zero-order chi connectivity index (χ0) is 12.9. The summed E-state index contributed by atoms with van der Waals surface area (Å²) in [6.07, 6.45) is 3.47. The summed E-state index contributed by atoms with van der Waals surface area (Å²) >= 11 is 0. The summed E-state index contributed by atoms with van der Waals surface area (Å²) in [6, 6.07) is 3.30. The van der Waals surface area contributed by atoms with E-state index in [9.17, 15) is 9.59 Å². The van der Waals surface area contributed by atoms with Crippen LogP contribution in [0.4, 0.5) is 0 Å². The predicted octanol–water partition coefficient (Wildman–Crippen LogP) is 1.45. The summed E-state index contributed by atoms with van der Waals surface area (Å²) in [6.45, 7) is 3.56. The first-order valence-electron chi connectivity index (χ1n) is 5.41. The molecule has 0 aliphatic carbocycles. The smallest absolute Gasteiger partial charge is 0.305 e. The SMILES string of the molecule is CCC(C)(CC(=O)O)NC(=O)c1cccnc1. The van der Waals surface area contributed by atoms with Gasteiger partial charge in [-0.15, -0.1) is 0 Å². The van der Waals surface area contributed by atoms with Crippen LogP contribution >= 0.6 is 0 Å². The summed E-state index contributed by atoms with van der Waals surface area (Å²) in [5, 5.41) is 11.5. The lowest BCUT2D eigenvalue weighted by atomic mass is 9.94. The number of nitrogens with zero attached hydrogens (tertiary/aromatic N) is 1. The highest BCUT2D eigenvalue weighted by Crippen LogP contribution is 2.15. The van der Waals surface area contributed by atoms with Gasteiger partial charge in [0.05, 0.1) is 12.0 Å². The van der Waals surface area contributed by atoms with Crippen molar-refractivity contribution in [2.75, 3.05) is 0 Å². The van der Waals surface area contributed by atoms with E-state index in [0.717, 1.165) is 0 Å². The van der Waals surface area contributed by atoms with E-state index in [1.54, 1.807) is 25.3 Å². The largest absolute Gasteiger partial charge is 0.481 e. The maximum absolute atomic E-state index is 11.9. The number of carbonyl (C=O) groups excluding carboxylic acids is 1. The number of amides is 1. The second kappa shape index (κ2) is 5.43. The van der Waals surface area contributed by atoms with Gasteiger partial charge in [0.15, 0.2) is 0 Å². The molecule has 17 heavy (non-hydrogen) atoms. The molecule has 2 N–H and O–H groups in total. The van der Waals surface area contributed by atoms with Crippen molar-refractivity contribution < 1.29 is 14.7 Å². The molecule has 0 aliphatic heterocycles. The normalized spacial score (nSPS) is 13.8. The molecule has 5 nitrogen and oxygen atoms in total. The second-order valence-electron chi connectivity index (χ2n) is 4.18. The highest BCUT2D eigenvalue weighted by Gasteiger charge is 2.27. The third-order valence-corrected chi connectivity index (χ3v) is 2.66. The maximum Gasteiger partial charge on any atom is 0.305 e. The summed E-state index contributed by atoms with van der Waals surface area (Å²) in [5.41, 5.74) is -0.309. The van der Waals surface area contributed by atoms with Gasteiger partial charge in [-0.05, 0) is 25.5 Å². The zero-order valence-electron chi connectivity index (χ0n) is 9.93. The summed E-state index contributed by atoms with van der Waals surface area (Å²) in [5.74, 6) is -1.23. The quantitative estimate of drug-likeness (QED) is 0.811. The minimum Gasteiger partial charge on any atom is -0.481 e. The highest BCUT2D eigenvalue weighted by atomic mass is 16.4. The molecular formula is C12H16N2O3. The fourth-order valence-electron chi connectivity index (χ4n) is 1.43. The van der Waals surface area contributed by atoms with Crippen molar-refractivity contribution in [3.8, 4) is 0 Å². The average Bonchev–Trinajstić information content (AvgIpc) is 2.29. The topological polar surface area (TPSA) is 79.3 Å². The van der Waals surface area contributed by atoms with Gasteiger partial charge in [-0.3, -0.25) is 14.6 Å². The predicted molar refractivity (Wildman–Crippen MR) is 62.7 cm³/mol. The van der Waals surface area contributed by atoms with Crippen LogP contribution in [0.2, 0.25) is 0 Å². The monoisotopic (exact) mass is 236 g/mol. The molecule has 1 atom stereocenters. The summed E-state index contributed by atoms with van der Waals surface area (Å²) < 4.78 is 0. The van der Waals surface area contributed by atoms with Gasteiger partial charge in [0.1, 0.15) is 0 Å². The van der Waals surface area contributed by atoms with Gasteiger partial charge in [0.2, 0.25) is 0 Å². The first-order chi connectivity index (χ1) is 7.97. The number of pyridine rings is 1. The third kappa shape index (κ3) is 3.86. The van der Waals surface area contributed by atoms with Crippen LogP contribution in [-0.4, -0.2) is 27.5 Å². The van der Waals surface area contributed by atoms with Gasteiger partial charge < -0.3 is 10.4 Å². The van der Waals surface area contributed by atoms with Crippen LogP contribution in [0.25, 0.3) is 0 Å². The molecule has 0 radical (unpaired) electrons. The van der Waals surface area contributed by atoms with E-state index in [4.69, 9.17) is 5.11 Å². The van der Waals surface area contributed by atoms with E-state index >= 15 is 0 Å². The number of hydrogen-bond donors (Lipinski definition) is 2. The number of carbonyl (C=O) groups is 2. The molecule has 1 heterocycles. The Morgan fingerprint density at radius 1 is 1.53 bits per heavy atom. The van der Waals surface area contributed by atoms with E-state index in [1.165, 1.54) is 6.20 Å². The molecule has 0 bridgehead atoms. The van der Waals surface area contributed by atoms with E-state index in [2.05, 4.69) is 10.3 Å². The molecule has 0 aliphatic rings. The molecule has 1 aromatic heterocycles. The van der Waals surface area contributed by atoms with Gasteiger partial charge >= 0.3 is 5.97 Å².